The summed E-state index contributed by atoms with van der Waals surface area (Å²) < 4.78 is 33.5. The number of hydrogen-bond acceptors (Lipinski definition) is 6. The van der Waals surface area contributed by atoms with E-state index < -0.39 is 24.4 Å². The molecule has 0 N–H and O–H groups in total. The molecule has 1 saturated heterocycles. The van der Waals surface area contributed by atoms with Crippen LogP contribution in [0.1, 0.15) is 46.0 Å². The Morgan fingerprint density at radius 3 is 1.53 bits per heavy atom. The lowest BCUT2D eigenvalue weighted by Crippen LogP contribution is -2.56. The number of carbonyl (C=O) groups excluding carboxylic acids is 1. The summed E-state index contributed by atoms with van der Waals surface area (Å²) >= 11 is 0. The van der Waals surface area contributed by atoms with Crippen LogP contribution in [-0.2, 0) is 50.1 Å². The zero-order valence-electron chi connectivity index (χ0n) is 29.1. The van der Waals surface area contributed by atoms with Gasteiger partial charge in [-0.3, -0.25) is 4.79 Å². The molecule has 6 heteroatoms. The molecule has 6 nitrogen and oxygen atoms in total. The molecule has 6 rings (SSSR count). The first-order valence-electron chi connectivity index (χ1n) is 17.7. The molecule has 5 aromatic carbocycles. The van der Waals surface area contributed by atoms with Gasteiger partial charge in [-0.15, -0.1) is 0 Å². The highest BCUT2D eigenvalue weighted by atomic mass is 16.6. The van der Waals surface area contributed by atoms with Crippen molar-refractivity contribution in [1.82, 2.24) is 0 Å². The first kappa shape index (κ1) is 36.0. The van der Waals surface area contributed by atoms with E-state index in [2.05, 4.69) is 0 Å². The van der Waals surface area contributed by atoms with Gasteiger partial charge < -0.3 is 23.7 Å². The molecule has 1 aliphatic heterocycles. The first-order chi connectivity index (χ1) is 25.1. The maximum absolute atomic E-state index is 13.3. The second-order valence-corrected chi connectivity index (χ2v) is 12.9. The number of rotatable bonds is 17. The van der Waals surface area contributed by atoms with Gasteiger partial charge >= 0.3 is 0 Å². The van der Waals surface area contributed by atoms with Crippen LogP contribution in [0.15, 0.2) is 163 Å². The second kappa shape index (κ2) is 18.9. The number of benzene rings is 5. The van der Waals surface area contributed by atoms with Crippen LogP contribution >= 0.6 is 0 Å². The van der Waals surface area contributed by atoms with Crippen LogP contribution in [0.25, 0.3) is 0 Å². The molecule has 5 atom stereocenters. The lowest BCUT2D eigenvalue weighted by molar-refractivity contribution is -0.223. The Kier molecular flexibility index (Phi) is 13.4. The third kappa shape index (κ3) is 10.8. The Balaban J connectivity index is 1.33. The summed E-state index contributed by atoms with van der Waals surface area (Å²) in [6, 6.07) is 49.7. The van der Waals surface area contributed by atoms with E-state index in [0.717, 1.165) is 22.3 Å². The molecule has 5 aromatic rings. The quantitative estimate of drug-likeness (QED) is 0.0912. The lowest BCUT2D eigenvalue weighted by Gasteiger charge is -2.44. The van der Waals surface area contributed by atoms with Crippen LogP contribution in [0, 0.1) is 5.92 Å². The topological polar surface area (TPSA) is 63.2 Å². The van der Waals surface area contributed by atoms with Crippen LogP contribution < -0.4 is 0 Å². The van der Waals surface area contributed by atoms with Crippen LogP contribution in [-0.4, -0.2) is 36.8 Å². The molecule has 262 valence electrons. The van der Waals surface area contributed by atoms with Gasteiger partial charge in [0.15, 0.2) is 11.9 Å². The van der Waals surface area contributed by atoms with E-state index >= 15 is 0 Å². The predicted molar refractivity (Wildman–Crippen MR) is 199 cm³/mol. The van der Waals surface area contributed by atoms with Gasteiger partial charge in [0.25, 0.3) is 0 Å². The highest BCUT2D eigenvalue weighted by Gasteiger charge is 2.46. The van der Waals surface area contributed by atoms with Gasteiger partial charge in [-0.05, 0) is 34.2 Å². The second-order valence-electron chi connectivity index (χ2n) is 12.9. The molecule has 0 saturated carbocycles. The van der Waals surface area contributed by atoms with Gasteiger partial charge in [-0.2, -0.15) is 0 Å². The minimum absolute atomic E-state index is 0.0706. The van der Waals surface area contributed by atoms with E-state index in [0.29, 0.717) is 44.2 Å². The number of carbonyl (C=O) groups is 1. The molecule has 51 heavy (non-hydrogen) atoms. The molecule has 0 aromatic heterocycles. The van der Waals surface area contributed by atoms with E-state index in [1.54, 1.807) is 0 Å². The van der Waals surface area contributed by atoms with Crippen molar-refractivity contribution in [3.63, 3.8) is 0 Å². The van der Waals surface area contributed by atoms with Gasteiger partial charge in [0, 0.05) is 12.0 Å². The molecule has 1 heterocycles. The molecule has 1 unspecified atom stereocenters. The lowest BCUT2D eigenvalue weighted by atomic mass is 9.93. The number of hydrogen-bond donors (Lipinski definition) is 0. The highest BCUT2D eigenvalue weighted by Crippen LogP contribution is 2.34. The summed E-state index contributed by atoms with van der Waals surface area (Å²) in [6.45, 7) is 3.78. The fourth-order valence-electron chi connectivity index (χ4n) is 6.21. The van der Waals surface area contributed by atoms with Crippen molar-refractivity contribution in [2.45, 2.75) is 64.2 Å². The standard InChI is InChI=1S/C45H46O6/c1-34(27-40(46)39-25-15-6-16-26-39)28-41-43(48-30-36-19-9-3-10-20-36)45(50-32-38-23-13-5-14-24-38)44(49-31-37-21-11-4-12-22-37)42(51-41)33-47-29-35-17-7-2-8-18-35/h2-26,28,34,42-45H,27,29-33H2,1H3/b41-28-/t34?,42-,43+,44-,45-/m1/s1. The predicted octanol–water partition coefficient (Wildman–Crippen LogP) is 9.15. The molecule has 0 bridgehead atoms. The van der Waals surface area contributed by atoms with Crippen LogP contribution in [0.4, 0.5) is 0 Å². The zero-order chi connectivity index (χ0) is 35.1. The summed E-state index contributed by atoms with van der Waals surface area (Å²) in [4.78, 5) is 13.3. The molecule has 0 radical (unpaired) electrons. The van der Waals surface area contributed by atoms with Crippen molar-refractivity contribution in [3.05, 3.63) is 191 Å². The third-order valence-electron chi connectivity index (χ3n) is 8.85. The fraction of sp³-hybridized carbons (Fsp3) is 0.267. The van der Waals surface area contributed by atoms with Crippen molar-refractivity contribution in [2.24, 2.45) is 5.92 Å². The van der Waals surface area contributed by atoms with Crippen LogP contribution in [0.3, 0.4) is 0 Å². The Bertz CT molecular complexity index is 1760. The number of ketones is 1. The number of Topliss-reactive ketones (excluding diaryl/α,β-unsaturated/α-hetero) is 1. The zero-order valence-corrected chi connectivity index (χ0v) is 29.1. The summed E-state index contributed by atoms with van der Waals surface area (Å²) in [5.41, 5.74) is 4.87. The smallest absolute Gasteiger partial charge is 0.163 e. The van der Waals surface area contributed by atoms with Crippen molar-refractivity contribution < 1.29 is 28.5 Å². The van der Waals surface area contributed by atoms with Crippen LogP contribution in [0.2, 0.25) is 0 Å². The van der Waals surface area contributed by atoms with Gasteiger partial charge in [-0.1, -0.05) is 159 Å². The van der Waals surface area contributed by atoms with E-state index in [4.69, 9.17) is 23.7 Å². The van der Waals surface area contributed by atoms with E-state index in [-0.39, 0.29) is 18.3 Å². The van der Waals surface area contributed by atoms with Crippen molar-refractivity contribution in [2.75, 3.05) is 6.61 Å². The van der Waals surface area contributed by atoms with E-state index in [9.17, 15) is 4.79 Å². The minimum atomic E-state index is -0.616. The third-order valence-corrected chi connectivity index (χ3v) is 8.85. The summed E-state index contributed by atoms with van der Waals surface area (Å²) in [6.07, 6.45) is 0.115. The van der Waals surface area contributed by atoms with E-state index in [1.807, 2.05) is 165 Å². The largest absolute Gasteiger partial charge is 0.487 e. The van der Waals surface area contributed by atoms with Crippen LogP contribution in [0.5, 0.6) is 0 Å². The summed E-state index contributed by atoms with van der Waals surface area (Å²) in [5, 5.41) is 0. The van der Waals surface area contributed by atoms with Gasteiger partial charge in [0.1, 0.15) is 24.1 Å². The first-order valence-corrected chi connectivity index (χ1v) is 17.7. The van der Waals surface area contributed by atoms with Crippen molar-refractivity contribution in [1.29, 1.82) is 0 Å². The van der Waals surface area contributed by atoms with Crippen molar-refractivity contribution >= 4 is 5.78 Å². The fourth-order valence-corrected chi connectivity index (χ4v) is 6.21. The highest BCUT2D eigenvalue weighted by molar-refractivity contribution is 5.96. The molecule has 0 spiro atoms. The summed E-state index contributed by atoms with van der Waals surface area (Å²) in [5.74, 6) is 0.546. The van der Waals surface area contributed by atoms with E-state index in [1.165, 1.54) is 0 Å². The molecule has 0 aliphatic carbocycles. The molecular formula is C45H46O6. The monoisotopic (exact) mass is 682 g/mol. The van der Waals surface area contributed by atoms with Crippen molar-refractivity contribution in [3.8, 4) is 0 Å². The average molecular weight is 683 g/mol. The maximum atomic E-state index is 13.3. The molecule has 1 fully saturated rings. The minimum Gasteiger partial charge on any atom is -0.487 e. The number of allylic oxidation sites excluding steroid dienone is 1. The Morgan fingerprint density at radius 2 is 1.02 bits per heavy atom. The average Bonchev–Trinajstić information content (AvgIpc) is 3.18. The van der Waals surface area contributed by atoms with Gasteiger partial charge in [0.2, 0.25) is 0 Å². The Labute approximate surface area is 301 Å². The normalized spacial score (nSPS) is 20.1. The Morgan fingerprint density at radius 1 is 0.588 bits per heavy atom. The number of ether oxygens (including phenoxy) is 5. The SMILES string of the molecule is CC(/C=C1\O[C@H](COCc2ccccc2)[C@@H](OCc2ccccc2)[C@H](OCc2ccccc2)[C@H]1OCc1ccccc1)CC(=O)c1ccccc1. The molecule has 1 aliphatic rings. The molecule has 0 amide bonds. The summed E-state index contributed by atoms with van der Waals surface area (Å²) in [7, 11) is 0. The maximum Gasteiger partial charge on any atom is 0.163 e. The molecular weight excluding hydrogens is 636 g/mol. The Hall–Kier alpha value is -4.85. The van der Waals surface area contributed by atoms with Gasteiger partial charge in [-0.25, -0.2) is 0 Å². The van der Waals surface area contributed by atoms with Gasteiger partial charge in [0.05, 0.1) is 33.0 Å².